The molecule has 0 unspecified atom stereocenters. The minimum Gasteiger partial charge on any atom is -0.301 e. The Morgan fingerprint density at radius 2 is 2.00 bits per heavy atom. The summed E-state index contributed by atoms with van der Waals surface area (Å²) in [6, 6.07) is 5.68. The summed E-state index contributed by atoms with van der Waals surface area (Å²) in [5.74, 6) is 0. The van der Waals surface area contributed by atoms with E-state index in [-0.39, 0.29) is 5.56 Å². The summed E-state index contributed by atoms with van der Waals surface area (Å²) in [6.45, 7) is 3.61. The molecule has 0 fully saturated rings. The first-order chi connectivity index (χ1) is 11.1. The maximum absolute atomic E-state index is 12.3. The van der Waals surface area contributed by atoms with Gasteiger partial charge in [-0.25, -0.2) is 9.97 Å². The Morgan fingerprint density at radius 3 is 2.78 bits per heavy atom. The van der Waals surface area contributed by atoms with Crippen LogP contribution >= 0.6 is 0 Å². The van der Waals surface area contributed by atoms with E-state index in [4.69, 9.17) is 0 Å². The third kappa shape index (κ3) is 2.05. The van der Waals surface area contributed by atoms with Gasteiger partial charge in [0.2, 0.25) is 0 Å². The van der Waals surface area contributed by atoms with Gasteiger partial charge in [0, 0.05) is 29.8 Å². The van der Waals surface area contributed by atoms with Crippen molar-refractivity contribution in [3.05, 3.63) is 64.7 Å². The highest BCUT2D eigenvalue weighted by Gasteiger charge is 2.13. The van der Waals surface area contributed by atoms with Gasteiger partial charge in [0.15, 0.2) is 5.65 Å². The fourth-order valence-corrected chi connectivity index (χ4v) is 2.48. The van der Waals surface area contributed by atoms with E-state index in [2.05, 4.69) is 20.1 Å². The number of imidazole rings is 1. The maximum Gasteiger partial charge on any atom is 0.275 e. The molecule has 0 saturated heterocycles. The van der Waals surface area contributed by atoms with Crippen molar-refractivity contribution in [1.82, 2.24) is 29.1 Å². The van der Waals surface area contributed by atoms with Gasteiger partial charge in [0.05, 0.1) is 5.69 Å². The molecular weight excluding hydrogens is 292 g/mol. The topological polar surface area (TPSA) is 80.9 Å². The van der Waals surface area contributed by atoms with Gasteiger partial charge in [0.1, 0.15) is 17.7 Å². The van der Waals surface area contributed by atoms with Gasteiger partial charge in [0.25, 0.3) is 5.56 Å². The molecule has 0 radical (unpaired) electrons. The Morgan fingerprint density at radius 1 is 1.13 bits per heavy atom. The predicted octanol–water partition coefficient (Wildman–Crippen LogP) is 1.89. The molecule has 23 heavy (non-hydrogen) atoms. The number of H-pyrrole nitrogens is 1. The molecular formula is C16H14N6O. The van der Waals surface area contributed by atoms with Crippen molar-refractivity contribution in [3.8, 4) is 17.1 Å². The third-order valence-corrected chi connectivity index (χ3v) is 3.90. The number of fused-ring (bicyclic) bond motifs is 1. The standard InChI is InChI=1S/C16H14N6O/c1-10-11(2)20-15-14(7-19-22(15)16(10)23)21-8-13(18-9-21)12-5-3-4-6-17-12/h3-9,19H,1-2H3. The lowest BCUT2D eigenvalue weighted by Crippen LogP contribution is -2.19. The third-order valence-electron chi connectivity index (χ3n) is 3.90. The number of hydrogen-bond donors (Lipinski definition) is 1. The molecule has 0 aliphatic rings. The van der Waals surface area contributed by atoms with Gasteiger partial charge >= 0.3 is 0 Å². The van der Waals surface area contributed by atoms with Crippen LogP contribution in [0.2, 0.25) is 0 Å². The van der Waals surface area contributed by atoms with Crippen LogP contribution in [-0.2, 0) is 0 Å². The highest BCUT2D eigenvalue weighted by atomic mass is 16.1. The Balaban J connectivity index is 1.88. The Kier molecular flexibility index (Phi) is 2.87. The summed E-state index contributed by atoms with van der Waals surface area (Å²) in [6.07, 6.45) is 7.03. The number of nitrogens with zero attached hydrogens (tertiary/aromatic N) is 5. The van der Waals surface area contributed by atoms with Gasteiger partial charge in [-0.15, -0.1) is 0 Å². The van der Waals surface area contributed by atoms with Crippen LogP contribution in [0.3, 0.4) is 0 Å². The number of pyridine rings is 1. The average molecular weight is 306 g/mol. The van der Waals surface area contributed by atoms with Crippen molar-refractivity contribution in [1.29, 1.82) is 0 Å². The van der Waals surface area contributed by atoms with Crippen LogP contribution in [0.15, 0.2) is 47.9 Å². The lowest BCUT2D eigenvalue weighted by atomic mass is 10.3. The largest absolute Gasteiger partial charge is 0.301 e. The zero-order valence-electron chi connectivity index (χ0n) is 12.7. The normalized spacial score (nSPS) is 11.2. The summed E-state index contributed by atoms with van der Waals surface area (Å²) in [5, 5.41) is 2.95. The molecule has 4 aromatic heterocycles. The maximum atomic E-state index is 12.3. The molecule has 0 aliphatic heterocycles. The summed E-state index contributed by atoms with van der Waals surface area (Å²) >= 11 is 0. The molecule has 0 aromatic carbocycles. The first kappa shape index (κ1) is 13.4. The van der Waals surface area contributed by atoms with Crippen LogP contribution in [0.25, 0.3) is 22.7 Å². The first-order valence-corrected chi connectivity index (χ1v) is 7.18. The number of nitrogens with one attached hydrogen (secondary N) is 1. The van der Waals surface area contributed by atoms with E-state index in [9.17, 15) is 4.79 Å². The Hall–Kier alpha value is -3.22. The molecule has 114 valence electrons. The summed E-state index contributed by atoms with van der Waals surface area (Å²) in [7, 11) is 0. The number of aromatic nitrogens is 6. The average Bonchev–Trinajstić information content (AvgIpc) is 3.20. The van der Waals surface area contributed by atoms with Crippen LogP contribution in [0.5, 0.6) is 0 Å². The molecule has 4 rings (SSSR count). The van der Waals surface area contributed by atoms with E-state index in [1.165, 1.54) is 4.52 Å². The second kappa shape index (κ2) is 4.91. The highest BCUT2D eigenvalue weighted by molar-refractivity contribution is 5.61. The molecule has 7 nitrogen and oxygen atoms in total. The van der Waals surface area contributed by atoms with E-state index < -0.39 is 0 Å². The van der Waals surface area contributed by atoms with Gasteiger partial charge in [-0.2, -0.15) is 4.52 Å². The number of hydrogen-bond acceptors (Lipinski definition) is 4. The monoisotopic (exact) mass is 306 g/mol. The van der Waals surface area contributed by atoms with E-state index in [1.54, 1.807) is 25.6 Å². The van der Waals surface area contributed by atoms with Crippen LogP contribution in [-0.4, -0.2) is 29.1 Å². The van der Waals surface area contributed by atoms with Gasteiger partial charge in [-0.1, -0.05) is 6.07 Å². The fourth-order valence-electron chi connectivity index (χ4n) is 2.48. The molecule has 0 bridgehead atoms. The van der Waals surface area contributed by atoms with Crippen molar-refractivity contribution in [2.75, 3.05) is 0 Å². The van der Waals surface area contributed by atoms with Crippen LogP contribution in [0.4, 0.5) is 0 Å². The van der Waals surface area contributed by atoms with Gasteiger partial charge in [-0.05, 0) is 26.0 Å². The zero-order valence-corrected chi connectivity index (χ0v) is 12.7. The SMILES string of the molecule is Cc1nc2c(-n3cnc(-c4ccccn4)c3)c[nH]n2c(=O)c1C. The van der Waals surface area contributed by atoms with Crippen molar-refractivity contribution in [3.63, 3.8) is 0 Å². The molecule has 0 spiro atoms. The molecule has 0 aliphatic carbocycles. The lowest BCUT2D eigenvalue weighted by Gasteiger charge is -2.02. The van der Waals surface area contributed by atoms with E-state index >= 15 is 0 Å². The van der Waals surface area contributed by atoms with Crippen molar-refractivity contribution >= 4 is 5.65 Å². The zero-order chi connectivity index (χ0) is 16.0. The molecule has 0 amide bonds. The number of aromatic amines is 1. The lowest BCUT2D eigenvalue weighted by molar-refractivity contribution is 0.873. The fraction of sp³-hybridized carbons (Fsp3) is 0.125. The summed E-state index contributed by atoms with van der Waals surface area (Å²) < 4.78 is 3.27. The quantitative estimate of drug-likeness (QED) is 0.613. The van der Waals surface area contributed by atoms with Crippen molar-refractivity contribution < 1.29 is 0 Å². The highest BCUT2D eigenvalue weighted by Crippen LogP contribution is 2.18. The number of rotatable bonds is 2. The van der Waals surface area contributed by atoms with Gasteiger partial charge in [-0.3, -0.25) is 14.9 Å². The van der Waals surface area contributed by atoms with Gasteiger partial charge < -0.3 is 4.57 Å². The Labute approximate surface area is 131 Å². The van der Waals surface area contributed by atoms with E-state index in [1.807, 2.05) is 35.9 Å². The molecule has 0 atom stereocenters. The number of aryl methyl sites for hydroxylation is 1. The molecule has 0 saturated carbocycles. The minimum atomic E-state index is -0.0937. The summed E-state index contributed by atoms with van der Waals surface area (Å²) in [4.78, 5) is 25.5. The Bertz CT molecular complexity index is 1060. The summed E-state index contributed by atoms with van der Waals surface area (Å²) in [5.41, 5.74) is 4.16. The van der Waals surface area contributed by atoms with Crippen LogP contribution in [0, 0.1) is 13.8 Å². The van der Waals surface area contributed by atoms with Crippen LogP contribution < -0.4 is 5.56 Å². The molecule has 7 heteroatoms. The second-order valence-corrected chi connectivity index (χ2v) is 5.33. The van der Waals surface area contributed by atoms with E-state index in [0.29, 0.717) is 11.2 Å². The first-order valence-electron chi connectivity index (χ1n) is 7.18. The molecule has 1 N–H and O–H groups in total. The van der Waals surface area contributed by atoms with Crippen molar-refractivity contribution in [2.24, 2.45) is 0 Å². The van der Waals surface area contributed by atoms with Crippen LogP contribution in [0.1, 0.15) is 11.3 Å². The smallest absolute Gasteiger partial charge is 0.275 e. The predicted molar refractivity (Wildman–Crippen MR) is 85.6 cm³/mol. The minimum absolute atomic E-state index is 0.0937. The van der Waals surface area contributed by atoms with Crippen molar-refractivity contribution in [2.45, 2.75) is 13.8 Å². The molecule has 4 aromatic rings. The molecule has 4 heterocycles. The van der Waals surface area contributed by atoms with E-state index in [0.717, 1.165) is 22.8 Å². The second-order valence-electron chi connectivity index (χ2n) is 5.33.